The zero-order valence-corrected chi connectivity index (χ0v) is 18.0. The van der Waals surface area contributed by atoms with E-state index in [9.17, 15) is 4.79 Å². The lowest BCUT2D eigenvalue weighted by molar-refractivity contribution is -0.118. The molecule has 0 radical (unpaired) electrons. The van der Waals surface area contributed by atoms with Gasteiger partial charge in [-0.25, -0.2) is 0 Å². The van der Waals surface area contributed by atoms with Gasteiger partial charge in [0.05, 0.1) is 0 Å². The number of fused-ring (bicyclic) bond motifs is 1. The van der Waals surface area contributed by atoms with Crippen molar-refractivity contribution in [2.45, 2.75) is 46.5 Å². The summed E-state index contributed by atoms with van der Waals surface area (Å²) < 4.78 is 16.7. The third-order valence-corrected chi connectivity index (χ3v) is 4.80. The first-order valence-corrected chi connectivity index (χ1v) is 10.1. The summed E-state index contributed by atoms with van der Waals surface area (Å²) in [7, 11) is 0. The summed E-state index contributed by atoms with van der Waals surface area (Å²) in [5, 5.41) is 2.82. The highest BCUT2D eigenvalue weighted by Crippen LogP contribution is 2.36. The van der Waals surface area contributed by atoms with Crippen LogP contribution in [-0.2, 0) is 10.2 Å². The Balaban J connectivity index is 1.54. The maximum Gasteiger partial charge on any atom is 0.262 e. The topological polar surface area (TPSA) is 56.8 Å². The Bertz CT molecular complexity index is 850. The van der Waals surface area contributed by atoms with Crippen LogP contribution in [0.2, 0.25) is 0 Å². The van der Waals surface area contributed by atoms with Crippen LogP contribution in [-0.4, -0.2) is 25.7 Å². The monoisotopic (exact) mass is 397 g/mol. The summed E-state index contributed by atoms with van der Waals surface area (Å²) in [6.45, 7) is 12.3. The molecule has 0 spiro atoms. The number of rotatable bonds is 6. The van der Waals surface area contributed by atoms with Crippen LogP contribution in [0.5, 0.6) is 17.2 Å². The lowest BCUT2D eigenvalue weighted by Crippen LogP contribution is -2.24. The number of hydrogen-bond donors (Lipinski definition) is 1. The minimum atomic E-state index is -0.223. The zero-order valence-electron chi connectivity index (χ0n) is 18.0. The van der Waals surface area contributed by atoms with Crippen molar-refractivity contribution in [3.63, 3.8) is 0 Å². The van der Waals surface area contributed by atoms with Crippen LogP contribution >= 0.6 is 0 Å². The van der Waals surface area contributed by atoms with Crippen molar-refractivity contribution in [3.8, 4) is 17.2 Å². The van der Waals surface area contributed by atoms with Gasteiger partial charge in [-0.05, 0) is 47.1 Å². The number of hydrogen-bond acceptors (Lipinski definition) is 4. The molecule has 1 heterocycles. The van der Waals surface area contributed by atoms with Gasteiger partial charge in [0.15, 0.2) is 18.1 Å². The van der Waals surface area contributed by atoms with E-state index >= 15 is 0 Å². The van der Waals surface area contributed by atoms with Crippen LogP contribution in [0.4, 0.5) is 5.69 Å². The highest BCUT2D eigenvalue weighted by atomic mass is 16.6. The Kier molecular flexibility index (Phi) is 6.06. The van der Waals surface area contributed by atoms with Gasteiger partial charge in [-0.2, -0.15) is 0 Å². The largest absolute Gasteiger partial charge is 0.486 e. The molecule has 29 heavy (non-hydrogen) atoms. The lowest BCUT2D eigenvalue weighted by Gasteiger charge is -2.33. The van der Waals surface area contributed by atoms with E-state index in [1.165, 1.54) is 5.56 Å². The molecule has 156 valence electrons. The van der Waals surface area contributed by atoms with Crippen LogP contribution in [0, 0.1) is 5.41 Å². The molecule has 5 heteroatoms. The highest BCUT2D eigenvalue weighted by Gasteiger charge is 2.27. The smallest absolute Gasteiger partial charge is 0.262 e. The maximum atomic E-state index is 12.2. The van der Waals surface area contributed by atoms with Crippen molar-refractivity contribution in [2.24, 2.45) is 5.41 Å². The zero-order chi connectivity index (χ0) is 21.1. The number of anilines is 1. The van der Waals surface area contributed by atoms with Crippen LogP contribution in [0.1, 0.15) is 46.6 Å². The fourth-order valence-electron chi connectivity index (χ4n) is 3.90. The third-order valence-electron chi connectivity index (χ3n) is 4.80. The van der Waals surface area contributed by atoms with E-state index in [0.717, 1.165) is 6.42 Å². The number of carbonyl (C=O) groups is 1. The minimum absolute atomic E-state index is 0.0564. The van der Waals surface area contributed by atoms with Crippen LogP contribution in [0.15, 0.2) is 42.5 Å². The van der Waals surface area contributed by atoms with Crippen LogP contribution in [0.3, 0.4) is 0 Å². The van der Waals surface area contributed by atoms with Gasteiger partial charge in [-0.15, -0.1) is 0 Å². The Morgan fingerprint density at radius 2 is 1.62 bits per heavy atom. The van der Waals surface area contributed by atoms with Crippen molar-refractivity contribution in [1.29, 1.82) is 0 Å². The van der Waals surface area contributed by atoms with Crippen molar-refractivity contribution < 1.29 is 19.0 Å². The second kappa shape index (κ2) is 8.36. The number of carbonyl (C=O) groups excluding carboxylic acids is 1. The summed E-state index contributed by atoms with van der Waals surface area (Å²) in [5.74, 6) is 1.79. The molecule has 0 saturated carbocycles. The van der Waals surface area contributed by atoms with Gasteiger partial charge < -0.3 is 19.5 Å². The highest BCUT2D eigenvalue weighted by molar-refractivity contribution is 5.92. The summed E-state index contributed by atoms with van der Waals surface area (Å²) in [6.07, 6.45) is 1.08. The third kappa shape index (κ3) is 5.89. The van der Waals surface area contributed by atoms with Gasteiger partial charge in [0.25, 0.3) is 5.91 Å². The predicted molar refractivity (Wildman–Crippen MR) is 115 cm³/mol. The van der Waals surface area contributed by atoms with Crippen molar-refractivity contribution in [3.05, 3.63) is 48.0 Å². The Morgan fingerprint density at radius 1 is 0.966 bits per heavy atom. The van der Waals surface area contributed by atoms with E-state index in [1.54, 1.807) is 18.2 Å². The fraction of sp³-hybridized carbons (Fsp3) is 0.458. The molecule has 0 atom stereocenters. The number of amides is 1. The Labute approximate surface area is 173 Å². The predicted octanol–water partition coefficient (Wildman–Crippen LogP) is 5.19. The molecule has 5 nitrogen and oxygen atoms in total. The van der Waals surface area contributed by atoms with E-state index in [1.807, 2.05) is 12.1 Å². The summed E-state index contributed by atoms with van der Waals surface area (Å²) in [4.78, 5) is 12.2. The first kappa shape index (κ1) is 21.0. The SMILES string of the molecule is CC(C)(C)CC(C)(C)c1ccc(OCC(=O)Nc2ccc3c(c2)OCCO3)cc1. The average molecular weight is 398 g/mol. The number of nitrogens with one attached hydrogen (secondary N) is 1. The van der Waals surface area contributed by atoms with E-state index in [4.69, 9.17) is 14.2 Å². The molecule has 0 aliphatic carbocycles. The van der Waals surface area contributed by atoms with Gasteiger partial charge in [0.2, 0.25) is 0 Å². The normalized spacial score (nSPS) is 13.7. The molecule has 1 aliphatic heterocycles. The van der Waals surface area contributed by atoms with Gasteiger partial charge in [0, 0.05) is 11.8 Å². The molecule has 2 aromatic rings. The molecule has 0 aromatic heterocycles. The molecule has 0 saturated heterocycles. The molecular weight excluding hydrogens is 366 g/mol. The average Bonchev–Trinajstić information content (AvgIpc) is 2.65. The van der Waals surface area contributed by atoms with Crippen molar-refractivity contribution in [1.82, 2.24) is 0 Å². The second-order valence-corrected chi connectivity index (χ2v) is 9.34. The molecule has 2 aromatic carbocycles. The molecular formula is C24H31NO4. The minimum Gasteiger partial charge on any atom is -0.486 e. The fourth-order valence-corrected chi connectivity index (χ4v) is 3.90. The van der Waals surface area contributed by atoms with Crippen molar-refractivity contribution in [2.75, 3.05) is 25.1 Å². The Morgan fingerprint density at radius 3 is 2.28 bits per heavy atom. The van der Waals surface area contributed by atoms with Crippen LogP contribution < -0.4 is 19.5 Å². The van der Waals surface area contributed by atoms with Crippen molar-refractivity contribution >= 4 is 11.6 Å². The standard InChI is InChI=1S/C24H31NO4/c1-23(2,3)16-24(4,5)17-6-9-19(10-7-17)29-15-22(26)25-18-8-11-20-21(14-18)28-13-12-27-20/h6-11,14H,12-13,15-16H2,1-5H3,(H,25,26). The molecule has 0 bridgehead atoms. The van der Waals surface area contributed by atoms with Gasteiger partial charge >= 0.3 is 0 Å². The molecule has 1 N–H and O–H groups in total. The van der Waals surface area contributed by atoms with Gasteiger partial charge in [-0.1, -0.05) is 46.8 Å². The summed E-state index contributed by atoms with van der Waals surface area (Å²) in [6, 6.07) is 13.4. The quantitative estimate of drug-likeness (QED) is 0.729. The molecule has 0 fully saturated rings. The van der Waals surface area contributed by atoms with Crippen LogP contribution in [0.25, 0.3) is 0 Å². The number of ether oxygens (including phenoxy) is 3. The Hall–Kier alpha value is -2.69. The number of benzene rings is 2. The van der Waals surface area contributed by atoms with Gasteiger partial charge in [0.1, 0.15) is 19.0 Å². The first-order chi connectivity index (χ1) is 13.6. The first-order valence-electron chi connectivity index (χ1n) is 10.1. The van der Waals surface area contributed by atoms with E-state index in [-0.39, 0.29) is 23.3 Å². The van der Waals surface area contributed by atoms with Gasteiger partial charge in [-0.3, -0.25) is 4.79 Å². The van der Waals surface area contributed by atoms with E-state index < -0.39 is 0 Å². The molecule has 1 aliphatic rings. The lowest BCUT2D eigenvalue weighted by atomic mass is 9.72. The maximum absolute atomic E-state index is 12.2. The summed E-state index contributed by atoms with van der Waals surface area (Å²) in [5.41, 5.74) is 2.25. The molecule has 3 rings (SSSR count). The van der Waals surface area contributed by atoms with E-state index in [2.05, 4.69) is 52.1 Å². The summed E-state index contributed by atoms with van der Waals surface area (Å²) >= 11 is 0. The van der Waals surface area contributed by atoms with E-state index in [0.29, 0.717) is 36.1 Å². The molecule has 1 amide bonds. The molecule has 0 unspecified atom stereocenters. The second-order valence-electron chi connectivity index (χ2n) is 9.34.